The molecule has 0 aliphatic rings. The third-order valence-corrected chi connectivity index (χ3v) is 3.18. The average molecular weight is 248 g/mol. The van der Waals surface area contributed by atoms with Gasteiger partial charge in [0.1, 0.15) is 0 Å². The van der Waals surface area contributed by atoms with Crippen LogP contribution in [0.2, 0.25) is 0 Å². The lowest BCUT2D eigenvalue weighted by atomic mass is 10.0. The Kier molecular flexibility index (Phi) is 3.19. The van der Waals surface area contributed by atoms with Gasteiger partial charge in [-0.1, -0.05) is 13.8 Å². The van der Waals surface area contributed by atoms with E-state index in [2.05, 4.69) is 9.97 Å². The van der Waals surface area contributed by atoms with Gasteiger partial charge in [0.05, 0.1) is 27.3 Å². The molecule has 2 heterocycles. The van der Waals surface area contributed by atoms with Gasteiger partial charge >= 0.3 is 5.97 Å². The van der Waals surface area contributed by atoms with Gasteiger partial charge in [0.2, 0.25) is 0 Å². The third kappa shape index (κ3) is 2.34. The van der Waals surface area contributed by atoms with Crippen molar-refractivity contribution in [1.29, 1.82) is 0 Å². The Morgan fingerprint density at radius 1 is 1.41 bits per heavy atom. The van der Waals surface area contributed by atoms with Crippen LogP contribution >= 0.6 is 11.3 Å². The number of carboxylic acid groups (broad SMARTS) is 1. The molecule has 0 saturated heterocycles. The van der Waals surface area contributed by atoms with Crippen molar-refractivity contribution in [3.63, 3.8) is 0 Å². The molecule has 2 aromatic heterocycles. The molecular formula is C12H12N2O2S. The third-order valence-electron chi connectivity index (χ3n) is 2.39. The van der Waals surface area contributed by atoms with Crippen LogP contribution in [0.25, 0.3) is 10.6 Å². The van der Waals surface area contributed by atoms with E-state index in [1.54, 1.807) is 23.8 Å². The highest BCUT2D eigenvalue weighted by Crippen LogP contribution is 2.25. The summed E-state index contributed by atoms with van der Waals surface area (Å²) >= 11 is 1.49. The van der Waals surface area contributed by atoms with Crippen LogP contribution in [-0.4, -0.2) is 21.0 Å². The monoisotopic (exact) mass is 248 g/mol. The van der Waals surface area contributed by atoms with E-state index >= 15 is 0 Å². The second-order valence-corrected chi connectivity index (χ2v) is 4.84. The van der Waals surface area contributed by atoms with Gasteiger partial charge in [-0.3, -0.25) is 9.97 Å². The summed E-state index contributed by atoms with van der Waals surface area (Å²) in [6, 6.07) is 3.34. The second-order valence-electron chi connectivity index (χ2n) is 3.95. The Morgan fingerprint density at radius 2 is 2.18 bits per heavy atom. The van der Waals surface area contributed by atoms with Gasteiger partial charge in [-0.15, -0.1) is 11.3 Å². The molecule has 0 atom stereocenters. The molecule has 0 bridgehead atoms. The number of hydrogen-bond acceptors (Lipinski definition) is 4. The summed E-state index contributed by atoms with van der Waals surface area (Å²) in [6.45, 7) is 3.87. The van der Waals surface area contributed by atoms with E-state index in [-0.39, 0.29) is 11.5 Å². The highest BCUT2D eigenvalue weighted by atomic mass is 32.1. The Morgan fingerprint density at radius 3 is 2.71 bits per heavy atom. The van der Waals surface area contributed by atoms with Crippen molar-refractivity contribution in [3.8, 4) is 10.6 Å². The van der Waals surface area contributed by atoms with Crippen LogP contribution in [0.5, 0.6) is 0 Å². The zero-order valence-corrected chi connectivity index (χ0v) is 10.4. The van der Waals surface area contributed by atoms with Crippen molar-refractivity contribution in [2.24, 2.45) is 0 Å². The van der Waals surface area contributed by atoms with Crippen LogP contribution in [0.1, 0.15) is 35.8 Å². The molecule has 0 saturated carbocycles. The van der Waals surface area contributed by atoms with Crippen molar-refractivity contribution in [3.05, 3.63) is 35.1 Å². The fourth-order valence-electron chi connectivity index (χ4n) is 1.58. The lowest BCUT2D eigenvalue weighted by Gasteiger charge is -2.09. The normalized spacial score (nSPS) is 10.8. The quantitative estimate of drug-likeness (QED) is 0.906. The number of aromatic carboxylic acids is 1. The Labute approximate surface area is 103 Å². The zero-order chi connectivity index (χ0) is 12.4. The van der Waals surface area contributed by atoms with E-state index in [0.717, 1.165) is 10.6 Å². The largest absolute Gasteiger partial charge is 0.478 e. The summed E-state index contributed by atoms with van der Waals surface area (Å²) in [5.41, 5.74) is 3.40. The minimum absolute atomic E-state index is 0.0778. The lowest BCUT2D eigenvalue weighted by molar-refractivity contribution is 0.0694. The summed E-state index contributed by atoms with van der Waals surface area (Å²) in [6.07, 6.45) is 1.73. The molecule has 88 valence electrons. The second kappa shape index (κ2) is 4.63. The van der Waals surface area contributed by atoms with E-state index in [0.29, 0.717) is 5.69 Å². The molecule has 0 aliphatic heterocycles. The number of nitrogens with zero attached hydrogens (tertiary/aromatic N) is 2. The van der Waals surface area contributed by atoms with Gasteiger partial charge < -0.3 is 5.11 Å². The fourth-order valence-corrected chi connectivity index (χ4v) is 2.17. The summed E-state index contributed by atoms with van der Waals surface area (Å²) in [4.78, 5) is 20.4. The summed E-state index contributed by atoms with van der Waals surface area (Å²) in [5, 5.41) is 9.09. The molecule has 5 heteroatoms. The number of thiazole rings is 1. The number of aromatic nitrogens is 2. The maximum atomic E-state index is 11.1. The van der Waals surface area contributed by atoms with Gasteiger partial charge in [-0.2, -0.15) is 0 Å². The van der Waals surface area contributed by atoms with E-state index in [1.807, 2.05) is 13.8 Å². The summed E-state index contributed by atoms with van der Waals surface area (Å²) < 4.78 is 0. The van der Waals surface area contributed by atoms with Crippen LogP contribution in [0.4, 0.5) is 0 Å². The molecular weight excluding hydrogens is 236 g/mol. The first-order valence-electron chi connectivity index (χ1n) is 5.22. The topological polar surface area (TPSA) is 63.1 Å². The first-order chi connectivity index (χ1) is 8.09. The molecule has 2 aromatic rings. The average Bonchev–Trinajstić information content (AvgIpc) is 2.81. The molecule has 0 amide bonds. The minimum Gasteiger partial charge on any atom is -0.478 e. The van der Waals surface area contributed by atoms with Crippen molar-refractivity contribution in [2.75, 3.05) is 0 Å². The first kappa shape index (κ1) is 11.7. The van der Waals surface area contributed by atoms with Crippen LogP contribution < -0.4 is 0 Å². The van der Waals surface area contributed by atoms with E-state index in [9.17, 15) is 4.79 Å². The smallest absolute Gasteiger partial charge is 0.337 e. The molecule has 0 spiro atoms. The number of carbonyl (C=O) groups is 1. The SMILES string of the molecule is CC(C)c1nc(-c2cncs2)ccc1C(=O)O. The van der Waals surface area contributed by atoms with Gasteiger partial charge in [0, 0.05) is 6.20 Å². The number of rotatable bonds is 3. The Bertz CT molecular complexity index is 535. The van der Waals surface area contributed by atoms with Gasteiger partial charge in [0.25, 0.3) is 0 Å². The summed E-state index contributed by atoms with van der Waals surface area (Å²) in [7, 11) is 0. The maximum Gasteiger partial charge on any atom is 0.337 e. The van der Waals surface area contributed by atoms with Gasteiger partial charge in [-0.05, 0) is 18.1 Å². The molecule has 0 unspecified atom stereocenters. The van der Waals surface area contributed by atoms with E-state index in [1.165, 1.54) is 11.3 Å². The van der Waals surface area contributed by atoms with Gasteiger partial charge in [0.15, 0.2) is 0 Å². The Hall–Kier alpha value is -1.75. The van der Waals surface area contributed by atoms with Crippen molar-refractivity contribution < 1.29 is 9.90 Å². The standard InChI is InChI=1S/C12H12N2O2S/c1-7(2)11-8(12(15)16)3-4-9(14-11)10-5-13-6-17-10/h3-7H,1-2H3,(H,15,16). The minimum atomic E-state index is -0.933. The fraction of sp³-hybridized carbons (Fsp3) is 0.250. The highest BCUT2D eigenvalue weighted by Gasteiger charge is 2.15. The van der Waals surface area contributed by atoms with Crippen LogP contribution in [-0.2, 0) is 0 Å². The summed E-state index contributed by atoms with van der Waals surface area (Å²) in [5.74, 6) is -0.856. The van der Waals surface area contributed by atoms with Crippen molar-refractivity contribution >= 4 is 17.3 Å². The molecule has 4 nitrogen and oxygen atoms in total. The molecule has 17 heavy (non-hydrogen) atoms. The molecule has 0 aliphatic carbocycles. The van der Waals surface area contributed by atoms with Crippen LogP contribution in [0.15, 0.2) is 23.8 Å². The highest BCUT2D eigenvalue weighted by molar-refractivity contribution is 7.13. The predicted octanol–water partition coefficient (Wildman–Crippen LogP) is 3.03. The van der Waals surface area contributed by atoms with E-state index < -0.39 is 5.97 Å². The van der Waals surface area contributed by atoms with Crippen LogP contribution in [0, 0.1) is 0 Å². The van der Waals surface area contributed by atoms with Crippen LogP contribution in [0.3, 0.4) is 0 Å². The molecule has 2 rings (SSSR count). The predicted molar refractivity (Wildman–Crippen MR) is 66.4 cm³/mol. The zero-order valence-electron chi connectivity index (χ0n) is 9.54. The maximum absolute atomic E-state index is 11.1. The first-order valence-corrected chi connectivity index (χ1v) is 6.10. The molecule has 0 aromatic carbocycles. The molecule has 1 N–H and O–H groups in total. The lowest BCUT2D eigenvalue weighted by Crippen LogP contribution is -2.06. The van der Waals surface area contributed by atoms with E-state index in [4.69, 9.17) is 5.11 Å². The number of hydrogen-bond donors (Lipinski definition) is 1. The van der Waals surface area contributed by atoms with Crippen molar-refractivity contribution in [2.45, 2.75) is 19.8 Å². The number of pyridine rings is 1. The Balaban J connectivity index is 2.53. The number of carboxylic acids is 1. The molecule has 0 radical (unpaired) electrons. The molecule has 0 fully saturated rings. The van der Waals surface area contributed by atoms with Crippen molar-refractivity contribution in [1.82, 2.24) is 9.97 Å². The van der Waals surface area contributed by atoms with Gasteiger partial charge in [-0.25, -0.2) is 4.79 Å².